The van der Waals surface area contributed by atoms with Crippen molar-refractivity contribution in [3.05, 3.63) is 24.3 Å². The fourth-order valence-electron chi connectivity index (χ4n) is 6.50. The Kier molecular flexibility index (Phi) is 9.04. The van der Waals surface area contributed by atoms with Crippen LogP contribution in [0.5, 0.6) is 5.75 Å². The molecule has 1 aromatic carbocycles. The third-order valence-corrected chi connectivity index (χ3v) is 11.4. The van der Waals surface area contributed by atoms with E-state index in [0.29, 0.717) is 18.7 Å². The van der Waals surface area contributed by atoms with E-state index < -0.39 is 28.7 Å². The number of carbonyl (C=O) groups excluding carboxylic acids is 3. The van der Waals surface area contributed by atoms with Gasteiger partial charge in [0.1, 0.15) is 11.8 Å². The van der Waals surface area contributed by atoms with Crippen molar-refractivity contribution >= 4 is 51.1 Å². The highest BCUT2D eigenvalue weighted by Gasteiger charge is 2.76. The lowest BCUT2D eigenvalue weighted by Gasteiger charge is -2.39. The van der Waals surface area contributed by atoms with Gasteiger partial charge < -0.3 is 25.4 Å². The number of halogens is 1. The van der Waals surface area contributed by atoms with Gasteiger partial charge in [0.25, 0.3) is 0 Å². The van der Waals surface area contributed by atoms with Crippen molar-refractivity contribution in [3.8, 4) is 5.75 Å². The molecule has 3 heterocycles. The molecule has 0 saturated carbocycles. The zero-order valence-electron chi connectivity index (χ0n) is 22.8. The van der Waals surface area contributed by atoms with Gasteiger partial charge in [0, 0.05) is 21.8 Å². The fraction of sp³-hybridized carbons (Fsp3) is 0.679. The first-order valence-corrected chi connectivity index (χ1v) is 15.5. The Balaban J connectivity index is 1.68. The molecule has 10 heteroatoms. The maximum atomic E-state index is 14.2. The quantitative estimate of drug-likeness (QED) is 0.329. The van der Waals surface area contributed by atoms with Gasteiger partial charge in [-0.1, -0.05) is 43.1 Å². The van der Waals surface area contributed by atoms with E-state index in [1.807, 2.05) is 27.7 Å². The van der Waals surface area contributed by atoms with E-state index in [4.69, 9.17) is 4.74 Å². The molecule has 3 aliphatic heterocycles. The first kappa shape index (κ1) is 29.2. The maximum Gasteiger partial charge on any atom is 0.244 e. The molecular formula is C28H40BrN3O5S. The summed E-state index contributed by atoms with van der Waals surface area (Å²) >= 11 is 5.40. The third kappa shape index (κ3) is 5.08. The number of amides is 3. The van der Waals surface area contributed by atoms with Gasteiger partial charge in [-0.25, -0.2) is 0 Å². The molecule has 3 saturated heterocycles. The molecule has 38 heavy (non-hydrogen) atoms. The summed E-state index contributed by atoms with van der Waals surface area (Å²) in [5.74, 6) is -1.20. The second-order valence-electron chi connectivity index (χ2n) is 11.0. The minimum atomic E-state index is -0.753. The van der Waals surface area contributed by atoms with Crippen LogP contribution in [0.1, 0.15) is 53.9 Å². The fourth-order valence-corrected chi connectivity index (χ4v) is 10.1. The maximum absolute atomic E-state index is 14.2. The molecule has 0 aromatic heterocycles. The second-order valence-corrected chi connectivity index (χ2v) is 13.8. The summed E-state index contributed by atoms with van der Waals surface area (Å²) in [5.41, 5.74) is 0.631. The minimum absolute atomic E-state index is 0.0115. The Hall–Kier alpha value is -1.78. The number of rotatable bonds is 11. The topological polar surface area (TPSA) is 108 Å². The van der Waals surface area contributed by atoms with E-state index in [1.165, 1.54) is 0 Å². The predicted molar refractivity (Wildman–Crippen MR) is 154 cm³/mol. The molecule has 3 N–H and O–H groups in total. The molecule has 0 aliphatic carbocycles. The molecular weight excluding hydrogens is 570 g/mol. The number of hydrogen-bond acceptors (Lipinski definition) is 6. The van der Waals surface area contributed by atoms with E-state index in [1.54, 1.807) is 40.9 Å². The minimum Gasteiger partial charge on any atom is -0.494 e. The number of fused-ring (bicyclic) bond motifs is 1. The lowest BCUT2D eigenvalue weighted by molar-refractivity contribution is -0.143. The molecule has 1 aromatic rings. The van der Waals surface area contributed by atoms with Crippen molar-refractivity contribution in [1.82, 2.24) is 10.2 Å². The molecule has 4 rings (SSSR count). The molecule has 8 nitrogen and oxygen atoms in total. The van der Waals surface area contributed by atoms with Gasteiger partial charge in [0.05, 0.1) is 35.8 Å². The highest BCUT2D eigenvalue weighted by molar-refractivity contribution is 9.09. The standard InChI is InChI=1S/C28H40BrN3O5S/c1-6-8-16(5)30-26(35)24-28-13-19(29)23(38-28)21(22(28)27(36)32(24)20(14-33)15(3)4)25(34)31-17-9-11-18(12-10-17)37-7-2/h9-12,15-16,19-24,33H,6-8,13-14H2,1-5H3,(H,30,35)(H,31,34)/t16?,19?,20-,21+,22-,23+,24?,28?/m0/s1. The second kappa shape index (κ2) is 11.8. The summed E-state index contributed by atoms with van der Waals surface area (Å²) in [7, 11) is 0. The number of benzene rings is 1. The van der Waals surface area contributed by atoms with Gasteiger partial charge in [-0.15, -0.1) is 11.8 Å². The Labute approximate surface area is 238 Å². The zero-order chi connectivity index (χ0) is 27.8. The molecule has 4 unspecified atom stereocenters. The van der Waals surface area contributed by atoms with Crippen molar-refractivity contribution in [3.63, 3.8) is 0 Å². The van der Waals surface area contributed by atoms with Crippen LogP contribution >= 0.6 is 27.7 Å². The van der Waals surface area contributed by atoms with Crippen LogP contribution in [0.3, 0.4) is 0 Å². The van der Waals surface area contributed by atoms with Crippen molar-refractivity contribution < 1.29 is 24.2 Å². The highest BCUT2D eigenvalue weighted by atomic mass is 79.9. The predicted octanol–water partition coefficient (Wildman–Crippen LogP) is 3.81. The molecule has 2 bridgehead atoms. The van der Waals surface area contributed by atoms with Crippen molar-refractivity contribution in [2.24, 2.45) is 17.8 Å². The first-order chi connectivity index (χ1) is 18.1. The van der Waals surface area contributed by atoms with Crippen LogP contribution in [0.2, 0.25) is 0 Å². The third-order valence-electron chi connectivity index (χ3n) is 8.14. The zero-order valence-corrected chi connectivity index (χ0v) is 25.2. The van der Waals surface area contributed by atoms with Crippen LogP contribution < -0.4 is 15.4 Å². The molecule has 0 radical (unpaired) electrons. The number of ether oxygens (including phenoxy) is 1. The largest absolute Gasteiger partial charge is 0.494 e. The summed E-state index contributed by atoms with van der Waals surface area (Å²) in [5, 5.41) is 16.3. The SMILES string of the molecule is CCCC(C)NC(=O)C1N([C@@H](CO)C(C)C)C(=O)[C@@H]2[C@@H](C(=O)Nc3ccc(OCC)cc3)[C@@H]3SC12CC3Br. The average molecular weight is 611 g/mol. The van der Waals surface area contributed by atoms with E-state index in [-0.39, 0.29) is 46.4 Å². The van der Waals surface area contributed by atoms with Gasteiger partial charge in [-0.05, 0) is 56.9 Å². The highest BCUT2D eigenvalue weighted by Crippen LogP contribution is 2.68. The Morgan fingerprint density at radius 2 is 1.89 bits per heavy atom. The first-order valence-electron chi connectivity index (χ1n) is 13.7. The molecule has 3 amide bonds. The number of hydrogen-bond donors (Lipinski definition) is 3. The van der Waals surface area contributed by atoms with Crippen LogP contribution in [-0.4, -0.2) is 73.9 Å². The number of nitrogens with zero attached hydrogens (tertiary/aromatic N) is 1. The number of aliphatic hydroxyl groups is 1. The van der Waals surface area contributed by atoms with Crippen molar-refractivity contribution in [2.75, 3.05) is 18.5 Å². The van der Waals surface area contributed by atoms with Gasteiger partial charge in [-0.3, -0.25) is 14.4 Å². The average Bonchev–Trinajstić information content (AvgIpc) is 3.44. The number of alkyl halides is 1. The van der Waals surface area contributed by atoms with Crippen molar-refractivity contribution in [2.45, 2.75) is 86.8 Å². The Morgan fingerprint density at radius 1 is 1.21 bits per heavy atom. The van der Waals surface area contributed by atoms with Crippen LogP contribution in [-0.2, 0) is 14.4 Å². The van der Waals surface area contributed by atoms with Gasteiger partial charge in [0.15, 0.2) is 0 Å². The molecule has 8 atom stereocenters. The number of aliphatic hydroxyl groups excluding tert-OH is 1. The summed E-state index contributed by atoms with van der Waals surface area (Å²) < 4.78 is 4.76. The van der Waals surface area contributed by atoms with Crippen molar-refractivity contribution in [1.29, 1.82) is 0 Å². The van der Waals surface area contributed by atoms with E-state index in [9.17, 15) is 19.5 Å². The lowest BCUT2D eigenvalue weighted by Crippen LogP contribution is -2.58. The Bertz CT molecular complexity index is 1040. The number of anilines is 1. The number of thioether (sulfide) groups is 1. The van der Waals surface area contributed by atoms with Gasteiger partial charge >= 0.3 is 0 Å². The van der Waals surface area contributed by atoms with E-state index >= 15 is 0 Å². The van der Waals surface area contributed by atoms with Gasteiger partial charge in [-0.2, -0.15) is 0 Å². The number of nitrogens with one attached hydrogen (secondary N) is 2. The smallest absolute Gasteiger partial charge is 0.244 e. The summed E-state index contributed by atoms with van der Waals surface area (Å²) in [4.78, 5) is 43.5. The van der Waals surface area contributed by atoms with E-state index in [0.717, 1.165) is 18.6 Å². The Morgan fingerprint density at radius 3 is 2.47 bits per heavy atom. The van der Waals surface area contributed by atoms with E-state index in [2.05, 4.69) is 33.5 Å². The van der Waals surface area contributed by atoms with Crippen LogP contribution in [0, 0.1) is 17.8 Å². The van der Waals surface area contributed by atoms with Gasteiger partial charge in [0.2, 0.25) is 17.7 Å². The lowest BCUT2D eigenvalue weighted by atomic mass is 9.70. The summed E-state index contributed by atoms with van der Waals surface area (Å²) in [6.07, 6.45) is 2.38. The normalized spacial score (nSPS) is 31.3. The monoisotopic (exact) mass is 609 g/mol. The summed E-state index contributed by atoms with van der Waals surface area (Å²) in [6.45, 7) is 10.2. The van der Waals surface area contributed by atoms with Crippen LogP contribution in [0.25, 0.3) is 0 Å². The molecule has 210 valence electrons. The summed E-state index contributed by atoms with van der Waals surface area (Å²) in [6, 6.07) is 5.89. The number of carbonyl (C=O) groups is 3. The van der Waals surface area contributed by atoms with Crippen LogP contribution in [0.4, 0.5) is 5.69 Å². The van der Waals surface area contributed by atoms with Crippen LogP contribution in [0.15, 0.2) is 24.3 Å². The molecule has 3 aliphatic rings. The molecule has 1 spiro atoms. The molecule has 3 fully saturated rings. The number of likely N-dealkylation sites (tertiary alicyclic amines) is 1.